The molecule has 0 unspecified atom stereocenters. The molecule has 4 atom stereocenters. The molecule has 35 heavy (non-hydrogen) atoms. The van der Waals surface area contributed by atoms with Gasteiger partial charge in [-0.05, 0) is 86.5 Å². The average Bonchev–Trinajstić information content (AvgIpc) is 3.32. The van der Waals surface area contributed by atoms with Crippen LogP contribution in [0.2, 0.25) is 5.02 Å². The fourth-order valence-electron chi connectivity index (χ4n) is 5.74. The van der Waals surface area contributed by atoms with Crippen LogP contribution in [0.15, 0.2) is 47.2 Å². The number of aliphatic hydroxyl groups is 1. The molecule has 3 fully saturated rings. The first-order chi connectivity index (χ1) is 16.9. The Balaban J connectivity index is 1.15. The van der Waals surface area contributed by atoms with Crippen LogP contribution in [-0.2, 0) is 9.53 Å². The molecule has 4 heterocycles. The van der Waals surface area contributed by atoms with Crippen molar-refractivity contribution in [3.63, 3.8) is 0 Å². The Morgan fingerprint density at radius 1 is 1.26 bits per heavy atom. The molecule has 6 rings (SSSR count). The lowest BCUT2D eigenvalue weighted by Gasteiger charge is -2.43. The second-order valence-electron chi connectivity index (χ2n) is 10.4. The number of aliphatic hydroxyl groups excluding tert-OH is 1. The normalized spacial score (nSPS) is 29.5. The molecule has 184 valence electrons. The summed E-state index contributed by atoms with van der Waals surface area (Å²) in [5.41, 5.74) is 0.824. The molecular weight excluding hydrogens is 466 g/mol. The number of hydrogen-bond acceptors (Lipinski definition) is 6. The minimum Gasteiger partial charge on any atom is -0.469 e. The summed E-state index contributed by atoms with van der Waals surface area (Å²) < 4.78 is 11.0. The van der Waals surface area contributed by atoms with Crippen molar-refractivity contribution in [3.8, 4) is 0 Å². The molecule has 2 aliphatic heterocycles. The van der Waals surface area contributed by atoms with Gasteiger partial charge in [0.25, 0.3) is 0 Å². The molecule has 2 N–H and O–H groups in total. The van der Waals surface area contributed by atoms with E-state index in [1.165, 1.54) is 0 Å². The van der Waals surface area contributed by atoms with Crippen molar-refractivity contribution >= 4 is 34.1 Å². The van der Waals surface area contributed by atoms with Gasteiger partial charge in [-0.1, -0.05) is 11.6 Å². The lowest BCUT2D eigenvalue weighted by atomic mass is 9.85. The van der Waals surface area contributed by atoms with Crippen LogP contribution in [0.4, 0.5) is 5.82 Å². The number of benzene rings is 1. The Labute approximate surface area is 209 Å². The van der Waals surface area contributed by atoms with Crippen LogP contribution in [0.25, 0.3) is 10.8 Å². The quantitative estimate of drug-likeness (QED) is 0.540. The van der Waals surface area contributed by atoms with E-state index >= 15 is 0 Å². The van der Waals surface area contributed by atoms with Gasteiger partial charge < -0.3 is 19.6 Å². The van der Waals surface area contributed by atoms with Gasteiger partial charge in [0.05, 0.1) is 31.1 Å². The lowest BCUT2D eigenvalue weighted by Crippen LogP contribution is -2.56. The molecule has 0 radical (unpaired) electrons. The zero-order chi connectivity index (χ0) is 24.2. The van der Waals surface area contributed by atoms with E-state index in [1.807, 2.05) is 24.3 Å². The van der Waals surface area contributed by atoms with Gasteiger partial charge in [-0.3, -0.25) is 9.69 Å². The van der Waals surface area contributed by atoms with Crippen LogP contribution in [0.3, 0.4) is 0 Å². The number of fused-ring (bicyclic) bond motifs is 1. The van der Waals surface area contributed by atoms with Crippen LogP contribution >= 0.6 is 11.6 Å². The molecule has 1 aromatic carbocycles. The number of anilines is 1. The summed E-state index contributed by atoms with van der Waals surface area (Å²) in [6.45, 7) is 4.86. The molecule has 1 amide bonds. The third-order valence-corrected chi connectivity index (χ3v) is 8.50. The highest BCUT2D eigenvalue weighted by Gasteiger charge is 2.46. The number of nitrogens with one attached hydrogen (secondary N) is 1. The molecule has 3 aromatic rings. The molecule has 8 heteroatoms. The van der Waals surface area contributed by atoms with Gasteiger partial charge in [-0.25, -0.2) is 4.98 Å². The van der Waals surface area contributed by atoms with Gasteiger partial charge in [0.2, 0.25) is 5.91 Å². The van der Waals surface area contributed by atoms with E-state index in [4.69, 9.17) is 20.8 Å². The zero-order valence-electron chi connectivity index (χ0n) is 19.7. The number of hydrogen-bond donors (Lipinski definition) is 2. The molecule has 1 saturated carbocycles. The molecule has 0 spiro atoms. The molecule has 2 aromatic heterocycles. The number of likely N-dealkylation sites (tertiary alicyclic amines) is 1. The van der Waals surface area contributed by atoms with Gasteiger partial charge in [-0.15, -0.1) is 0 Å². The third kappa shape index (κ3) is 4.25. The third-order valence-electron chi connectivity index (χ3n) is 8.17. The van der Waals surface area contributed by atoms with E-state index in [-0.39, 0.29) is 23.3 Å². The number of carbonyl (C=O) groups excluding carboxylic acids is 1. The standard InChI is InChI=1S/C27H30ClN3O4/c1-27(15-34-14-24(27)32)31-6-4-16(5-7-31)19-9-17-11-25(29-13-18(17)10-22(19)28)30-26(33)21-12-20(21)23-3-2-8-35-23/h2-3,8-11,13,16,20-21,24,32H,4-7,12,14-15H2,1H3,(H,29,30,33)/t20-,21-,24+,27-/m0/s1. The Bertz CT molecular complexity index is 1240. The average molecular weight is 496 g/mol. The van der Waals surface area contributed by atoms with Crippen molar-refractivity contribution in [2.45, 2.75) is 49.7 Å². The van der Waals surface area contributed by atoms with Gasteiger partial charge in [-0.2, -0.15) is 0 Å². The van der Waals surface area contributed by atoms with Crippen LogP contribution in [0, 0.1) is 5.92 Å². The van der Waals surface area contributed by atoms with Gasteiger partial charge in [0, 0.05) is 28.4 Å². The van der Waals surface area contributed by atoms with E-state index in [0.29, 0.717) is 24.9 Å². The first kappa shape index (κ1) is 23.0. The molecule has 7 nitrogen and oxygen atoms in total. The number of aromatic nitrogens is 1. The predicted molar refractivity (Wildman–Crippen MR) is 134 cm³/mol. The Morgan fingerprint density at radius 3 is 2.80 bits per heavy atom. The summed E-state index contributed by atoms with van der Waals surface area (Å²) >= 11 is 6.71. The maximum absolute atomic E-state index is 12.7. The van der Waals surface area contributed by atoms with Gasteiger partial charge in [0.1, 0.15) is 11.6 Å². The van der Waals surface area contributed by atoms with E-state index in [9.17, 15) is 9.90 Å². The molecule has 3 aliphatic rings. The topological polar surface area (TPSA) is 87.8 Å². The molecule has 2 saturated heterocycles. The summed E-state index contributed by atoms with van der Waals surface area (Å²) in [4.78, 5) is 19.5. The van der Waals surface area contributed by atoms with Crippen molar-refractivity contribution in [3.05, 3.63) is 59.1 Å². The highest BCUT2D eigenvalue weighted by Crippen LogP contribution is 2.48. The minimum atomic E-state index is -0.450. The summed E-state index contributed by atoms with van der Waals surface area (Å²) in [6, 6.07) is 9.83. The fourth-order valence-corrected chi connectivity index (χ4v) is 6.07. The van der Waals surface area contributed by atoms with E-state index in [1.54, 1.807) is 12.5 Å². The second-order valence-corrected chi connectivity index (χ2v) is 10.8. The lowest BCUT2D eigenvalue weighted by molar-refractivity contribution is -0.117. The zero-order valence-corrected chi connectivity index (χ0v) is 20.5. The Morgan fingerprint density at radius 2 is 2.09 bits per heavy atom. The number of carbonyl (C=O) groups is 1. The number of halogens is 1. The summed E-state index contributed by atoms with van der Waals surface area (Å²) in [5, 5.41) is 16.1. The predicted octanol–water partition coefficient (Wildman–Crippen LogP) is 4.55. The van der Waals surface area contributed by atoms with Crippen LogP contribution in [-0.4, -0.2) is 58.8 Å². The monoisotopic (exact) mass is 495 g/mol. The van der Waals surface area contributed by atoms with Crippen molar-refractivity contribution in [2.24, 2.45) is 5.92 Å². The Kier molecular flexibility index (Phi) is 5.84. The molecular formula is C27H30ClN3O4. The van der Waals surface area contributed by atoms with Crippen molar-refractivity contribution in [1.82, 2.24) is 9.88 Å². The minimum absolute atomic E-state index is 0.0219. The highest BCUT2D eigenvalue weighted by atomic mass is 35.5. The Hall–Kier alpha value is -2.45. The highest BCUT2D eigenvalue weighted by molar-refractivity contribution is 6.32. The van der Waals surface area contributed by atoms with Crippen LogP contribution in [0.5, 0.6) is 0 Å². The number of amides is 1. The molecule has 1 aliphatic carbocycles. The van der Waals surface area contributed by atoms with Gasteiger partial charge in [0.15, 0.2) is 0 Å². The largest absolute Gasteiger partial charge is 0.469 e. The van der Waals surface area contributed by atoms with Crippen molar-refractivity contribution in [2.75, 3.05) is 31.6 Å². The number of rotatable bonds is 5. The van der Waals surface area contributed by atoms with Crippen LogP contribution in [0.1, 0.15) is 49.3 Å². The number of piperidine rings is 1. The fraction of sp³-hybridized carbons (Fsp3) is 0.481. The number of nitrogens with zero attached hydrogens (tertiary/aromatic N) is 2. The van der Waals surface area contributed by atoms with Gasteiger partial charge >= 0.3 is 0 Å². The summed E-state index contributed by atoms with van der Waals surface area (Å²) in [7, 11) is 0. The first-order valence-electron chi connectivity index (χ1n) is 12.4. The number of ether oxygens (including phenoxy) is 1. The summed E-state index contributed by atoms with van der Waals surface area (Å²) in [6.07, 6.45) is 5.70. The second kappa shape index (κ2) is 8.89. The van der Waals surface area contributed by atoms with Crippen LogP contribution < -0.4 is 5.32 Å². The molecule has 0 bridgehead atoms. The van der Waals surface area contributed by atoms with Crippen molar-refractivity contribution < 1.29 is 19.1 Å². The van der Waals surface area contributed by atoms with E-state index in [0.717, 1.165) is 59.5 Å². The van der Waals surface area contributed by atoms with Crippen molar-refractivity contribution in [1.29, 1.82) is 0 Å². The number of furan rings is 1. The smallest absolute Gasteiger partial charge is 0.229 e. The SMILES string of the molecule is C[C@]1(N2CCC(c3cc4cc(NC(=O)[C@H]5C[C@@H]5c5ccco5)ncc4cc3Cl)CC2)COC[C@H]1O. The maximum atomic E-state index is 12.7. The van der Waals surface area contributed by atoms with E-state index < -0.39 is 6.10 Å². The maximum Gasteiger partial charge on any atom is 0.229 e. The number of pyridine rings is 1. The summed E-state index contributed by atoms with van der Waals surface area (Å²) in [5.74, 6) is 1.82. The first-order valence-corrected chi connectivity index (χ1v) is 12.7. The van der Waals surface area contributed by atoms with E-state index in [2.05, 4.69) is 28.2 Å².